The summed E-state index contributed by atoms with van der Waals surface area (Å²) in [6.45, 7) is 10.7. The maximum absolute atomic E-state index is 11.3. The average molecular weight is 231 g/mol. The number of ether oxygens (including phenoxy) is 1. The Bertz CT molecular complexity index is 214. The summed E-state index contributed by atoms with van der Waals surface area (Å²) < 4.78 is 4.99. The zero-order valence-corrected chi connectivity index (χ0v) is 11.0. The van der Waals surface area contributed by atoms with Gasteiger partial charge in [0, 0.05) is 18.6 Å². The van der Waals surface area contributed by atoms with Gasteiger partial charge in [-0.05, 0) is 12.8 Å². The normalized spacial score (nSPS) is 13.9. The molecule has 4 nitrogen and oxygen atoms in total. The molecule has 0 aromatic rings. The van der Waals surface area contributed by atoms with Gasteiger partial charge in [0.1, 0.15) is 6.61 Å². The first-order valence-corrected chi connectivity index (χ1v) is 5.83. The van der Waals surface area contributed by atoms with Crippen molar-refractivity contribution in [1.82, 2.24) is 5.32 Å². The number of carbonyl (C=O) groups excluding carboxylic acids is 1. The van der Waals surface area contributed by atoms with E-state index in [0.717, 1.165) is 0 Å². The number of rotatable bonds is 7. The number of aliphatic hydroxyl groups is 1. The lowest BCUT2D eigenvalue weighted by Gasteiger charge is -2.33. The Morgan fingerprint density at radius 2 is 2.00 bits per heavy atom. The van der Waals surface area contributed by atoms with Crippen LogP contribution in [0.4, 0.5) is 0 Å². The zero-order valence-electron chi connectivity index (χ0n) is 11.0. The van der Waals surface area contributed by atoms with E-state index in [4.69, 9.17) is 4.74 Å². The molecule has 4 heteroatoms. The van der Waals surface area contributed by atoms with Gasteiger partial charge >= 0.3 is 0 Å². The van der Waals surface area contributed by atoms with Gasteiger partial charge in [-0.25, -0.2) is 0 Å². The molecule has 0 fully saturated rings. The average Bonchev–Trinajstić information content (AvgIpc) is 2.22. The highest BCUT2D eigenvalue weighted by molar-refractivity contribution is 5.77. The maximum Gasteiger partial charge on any atom is 0.246 e. The SMILES string of the molecule is CCOCC(=O)NCC(C)(C)C(O)C(C)C. The summed E-state index contributed by atoms with van der Waals surface area (Å²) in [5.74, 6) is 0.0460. The van der Waals surface area contributed by atoms with Gasteiger partial charge in [0.2, 0.25) is 5.91 Å². The third kappa shape index (κ3) is 5.47. The van der Waals surface area contributed by atoms with E-state index in [1.54, 1.807) is 0 Å². The van der Waals surface area contributed by atoms with E-state index in [1.807, 2.05) is 34.6 Å². The van der Waals surface area contributed by atoms with Crippen molar-refractivity contribution >= 4 is 5.91 Å². The van der Waals surface area contributed by atoms with Crippen LogP contribution in [0.1, 0.15) is 34.6 Å². The molecule has 0 aliphatic heterocycles. The largest absolute Gasteiger partial charge is 0.392 e. The summed E-state index contributed by atoms with van der Waals surface area (Å²) in [6, 6.07) is 0. The fourth-order valence-corrected chi connectivity index (χ4v) is 1.58. The van der Waals surface area contributed by atoms with Gasteiger partial charge < -0.3 is 15.2 Å². The lowest BCUT2D eigenvalue weighted by atomic mass is 9.81. The second-order valence-electron chi connectivity index (χ2n) is 5.09. The fourth-order valence-electron chi connectivity index (χ4n) is 1.58. The number of amides is 1. The number of aliphatic hydroxyl groups excluding tert-OH is 1. The second kappa shape index (κ2) is 6.86. The van der Waals surface area contributed by atoms with Gasteiger partial charge in [0.15, 0.2) is 0 Å². The van der Waals surface area contributed by atoms with Crippen molar-refractivity contribution in [3.63, 3.8) is 0 Å². The predicted octanol–water partition coefficient (Wildman–Crippen LogP) is 1.18. The highest BCUT2D eigenvalue weighted by Crippen LogP contribution is 2.24. The van der Waals surface area contributed by atoms with Crippen LogP contribution in [0, 0.1) is 11.3 Å². The van der Waals surface area contributed by atoms with Crippen LogP contribution in [-0.4, -0.2) is 36.9 Å². The van der Waals surface area contributed by atoms with E-state index in [0.29, 0.717) is 13.2 Å². The van der Waals surface area contributed by atoms with Gasteiger partial charge in [-0.15, -0.1) is 0 Å². The lowest BCUT2D eigenvalue weighted by Crippen LogP contribution is -2.44. The van der Waals surface area contributed by atoms with Crippen molar-refractivity contribution in [2.24, 2.45) is 11.3 Å². The van der Waals surface area contributed by atoms with E-state index in [9.17, 15) is 9.90 Å². The Labute approximate surface area is 98.4 Å². The van der Waals surface area contributed by atoms with Crippen molar-refractivity contribution in [1.29, 1.82) is 0 Å². The van der Waals surface area contributed by atoms with Gasteiger partial charge in [0.25, 0.3) is 0 Å². The highest BCUT2D eigenvalue weighted by Gasteiger charge is 2.30. The first-order valence-electron chi connectivity index (χ1n) is 5.83. The minimum Gasteiger partial charge on any atom is -0.392 e. The molecule has 1 unspecified atom stereocenters. The Hall–Kier alpha value is -0.610. The topological polar surface area (TPSA) is 58.6 Å². The Balaban J connectivity index is 4.03. The first kappa shape index (κ1) is 15.4. The molecule has 0 spiro atoms. The number of nitrogens with one attached hydrogen (secondary N) is 1. The van der Waals surface area contributed by atoms with Crippen LogP contribution in [0.2, 0.25) is 0 Å². The van der Waals surface area contributed by atoms with E-state index in [-0.39, 0.29) is 23.8 Å². The highest BCUT2D eigenvalue weighted by atomic mass is 16.5. The maximum atomic E-state index is 11.3. The third-order valence-corrected chi connectivity index (χ3v) is 2.61. The molecular formula is C12H25NO3. The van der Waals surface area contributed by atoms with Crippen molar-refractivity contribution in [2.45, 2.75) is 40.7 Å². The van der Waals surface area contributed by atoms with E-state index in [2.05, 4.69) is 5.32 Å². The molecule has 1 atom stereocenters. The zero-order chi connectivity index (χ0) is 12.8. The van der Waals surface area contributed by atoms with Crippen LogP contribution < -0.4 is 5.32 Å². The number of hydrogen-bond acceptors (Lipinski definition) is 3. The van der Waals surface area contributed by atoms with E-state index < -0.39 is 6.10 Å². The molecule has 0 saturated carbocycles. The molecule has 0 rings (SSSR count). The summed E-state index contributed by atoms with van der Waals surface area (Å²) in [5, 5.41) is 12.7. The van der Waals surface area contributed by atoms with Crippen molar-refractivity contribution < 1.29 is 14.6 Å². The summed E-state index contributed by atoms with van der Waals surface area (Å²) in [5.41, 5.74) is -0.323. The van der Waals surface area contributed by atoms with Crippen LogP contribution >= 0.6 is 0 Å². The molecule has 0 aromatic heterocycles. The molecule has 2 N–H and O–H groups in total. The summed E-state index contributed by atoms with van der Waals surface area (Å²) in [6.07, 6.45) is -0.431. The smallest absolute Gasteiger partial charge is 0.246 e. The lowest BCUT2D eigenvalue weighted by molar-refractivity contribution is -0.126. The molecule has 96 valence electrons. The molecule has 0 radical (unpaired) electrons. The summed E-state index contributed by atoms with van der Waals surface area (Å²) in [7, 11) is 0. The Morgan fingerprint density at radius 1 is 1.44 bits per heavy atom. The summed E-state index contributed by atoms with van der Waals surface area (Å²) >= 11 is 0. The molecule has 0 heterocycles. The monoisotopic (exact) mass is 231 g/mol. The molecule has 0 aromatic carbocycles. The van der Waals surface area contributed by atoms with E-state index in [1.165, 1.54) is 0 Å². The van der Waals surface area contributed by atoms with Crippen molar-refractivity contribution in [2.75, 3.05) is 19.8 Å². The van der Waals surface area contributed by atoms with Crippen molar-refractivity contribution in [3.05, 3.63) is 0 Å². The standard InChI is InChI=1S/C12H25NO3/c1-6-16-7-10(14)13-8-12(4,5)11(15)9(2)3/h9,11,15H,6-8H2,1-5H3,(H,13,14). The van der Waals surface area contributed by atoms with Gasteiger partial charge in [-0.2, -0.15) is 0 Å². The summed E-state index contributed by atoms with van der Waals surface area (Å²) in [4.78, 5) is 11.3. The minimum absolute atomic E-state index is 0.0877. The quantitative estimate of drug-likeness (QED) is 0.692. The molecule has 0 aliphatic rings. The third-order valence-electron chi connectivity index (χ3n) is 2.61. The number of hydrogen-bond donors (Lipinski definition) is 2. The fraction of sp³-hybridized carbons (Fsp3) is 0.917. The Morgan fingerprint density at radius 3 is 2.44 bits per heavy atom. The van der Waals surface area contributed by atoms with Crippen LogP contribution in [0.3, 0.4) is 0 Å². The molecule has 0 saturated heterocycles. The van der Waals surface area contributed by atoms with Crippen LogP contribution in [-0.2, 0) is 9.53 Å². The minimum atomic E-state index is -0.431. The first-order chi connectivity index (χ1) is 7.31. The van der Waals surface area contributed by atoms with Gasteiger partial charge in [0.05, 0.1) is 6.10 Å². The Kier molecular flexibility index (Phi) is 6.60. The van der Waals surface area contributed by atoms with Crippen LogP contribution in [0.25, 0.3) is 0 Å². The van der Waals surface area contributed by atoms with Crippen molar-refractivity contribution in [3.8, 4) is 0 Å². The predicted molar refractivity (Wildman–Crippen MR) is 64.1 cm³/mol. The molecule has 0 aliphatic carbocycles. The van der Waals surface area contributed by atoms with Crippen LogP contribution in [0.15, 0.2) is 0 Å². The van der Waals surface area contributed by atoms with Gasteiger partial charge in [-0.1, -0.05) is 27.7 Å². The molecule has 0 bridgehead atoms. The molecule has 1 amide bonds. The van der Waals surface area contributed by atoms with Crippen LogP contribution in [0.5, 0.6) is 0 Å². The van der Waals surface area contributed by atoms with Gasteiger partial charge in [-0.3, -0.25) is 4.79 Å². The second-order valence-corrected chi connectivity index (χ2v) is 5.09. The molecule has 16 heavy (non-hydrogen) atoms. The molecular weight excluding hydrogens is 206 g/mol. The number of carbonyl (C=O) groups is 1. The van der Waals surface area contributed by atoms with E-state index >= 15 is 0 Å².